The van der Waals surface area contributed by atoms with E-state index in [4.69, 9.17) is 5.73 Å². The zero-order valence-electron chi connectivity index (χ0n) is 13.2. The van der Waals surface area contributed by atoms with E-state index in [-0.39, 0.29) is 5.91 Å². The third-order valence-corrected chi connectivity index (χ3v) is 4.30. The van der Waals surface area contributed by atoms with E-state index >= 15 is 0 Å². The first-order valence-corrected chi connectivity index (χ1v) is 7.93. The van der Waals surface area contributed by atoms with Crippen LogP contribution in [0.4, 0.5) is 11.4 Å². The highest BCUT2D eigenvalue weighted by molar-refractivity contribution is 5.95. The second-order valence-corrected chi connectivity index (χ2v) is 6.22. The minimum absolute atomic E-state index is 0.0181. The van der Waals surface area contributed by atoms with Crippen LogP contribution >= 0.6 is 0 Å². The topological polar surface area (TPSA) is 58.4 Å². The van der Waals surface area contributed by atoms with Crippen molar-refractivity contribution in [2.75, 3.05) is 31.7 Å². The van der Waals surface area contributed by atoms with Crippen molar-refractivity contribution in [2.24, 2.45) is 5.92 Å². The molecule has 0 unspecified atom stereocenters. The van der Waals surface area contributed by atoms with Crippen LogP contribution in [-0.4, -0.2) is 31.4 Å². The molecule has 1 aromatic rings. The number of nitrogens with two attached hydrogens (primary N) is 1. The van der Waals surface area contributed by atoms with Crippen LogP contribution in [0.15, 0.2) is 18.2 Å². The number of carbonyl (C=O) groups excluding carboxylic acids is 1. The number of hydrogen-bond donors (Lipinski definition) is 2. The van der Waals surface area contributed by atoms with Gasteiger partial charge in [0, 0.05) is 26.2 Å². The van der Waals surface area contributed by atoms with Crippen LogP contribution in [0.5, 0.6) is 0 Å². The fraction of sp³-hybridized carbons (Fsp3) is 0.588. The molecule has 3 N–H and O–H groups in total. The molecular weight excluding hydrogens is 262 g/mol. The summed E-state index contributed by atoms with van der Waals surface area (Å²) >= 11 is 0. The Morgan fingerprint density at radius 3 is 2.62 bits per heavy atom. The van der Waals surface area contributed by atoms with Gasteiger partial charge >= 0.3 is 0 Å². The Bertz CT molecular complexity index is 479. The van der Waals surface area contributed by atoms with Gasteiger partial charge in [0.1, 0.15) is 0 Å². The normalized spacial score (nSPS) is 15.7. The lowest BCUT2D eigenvalue weighted by Gasteiger charge is -2.22. The van der Waals surface area contributed by atoms with E-state index in [9.17, 15) is 4.79 Å². The third-order valence-electron chi connectivity index (χ3n) is 4.30. The number of rotatable bonds is 5. The molecule has 4 heteroatoms. The van der Waals surface area contributed by atoms with Gasteiger partial charge in [-0.2, -0.15) is 0 Å². The Kier molecular flexibility index (Phi) is 5.48. The lowest BCUT2D eigenvalue weighted by atomic mass is 9.87. The molecule has 0 radical (unpaired) electrons. The lowest BCUT2D eigenvalue weighted by molar-refractivity contribution is 0.0827. The molecule has 1 saturated carbocycles. The van der Waals surface area contributed by atoms with Gasteiger partial charge in [-0.05, 0) is 30.5 Å². The summed E-state index contributed by atoms with van der Waals surface area (Å²) in [5, 5.41) is 3.41. The zero-order chi connectivity index (χ0) is 15.2. The number of nitrogens with one attached hydrogen (secondary N) is 1. The van der Waals surface area contributed by atoms with Gasteiger partial charge in [0.05, 0.1) is 11.4 Å². The standard InChI is InChI=1S/C17H27N3O/c1-20(2)17(21)14-8-9-16(15(18)12-14)19-11-10-13-6-4-3-5-7-13/h8-9,12-13,19H,3-7,10-11,18H2,1-2H3. The summed E-state index contributed by atoms with van der Waals surface area (Å²) in [6.45, 7) is 0.954. The highest BCUT2D eigenvalue weighted by atomic mass is 16.2. The van der Waals surface area contributed by atoms with Gasteiger partial charge in [0.15, 0.2) is 0 Å². The zero-order valence-corrected chi connectivity index (χ0v) is 13.2. The quantitative estimate of drug-likeness (QED) is 0.817. The average molecular weight is 289 g/mol. The van der Waals surface area contributed by atoms with Gasteiger partial charge < -0.3 is 16.0 Å². The Hall–Kier alpha value is -1.71. The maximum absolute atomic E-state index is 11.9. The molecule has 4 nitrogen and oxygen atoms in total. The van der Waals surface area contributed by atoms with Crippen molar-refractivity contribution in [3.8, 4) is 0 Å². The van der Waals surface area contributed by atoms with Crippen LogP contribution in [0.2, 0.25) is 0 Å². The van der Waals surface area contributed by atoms with Crippen molar-refractivity contribution < 1.29 is 4.79 Å². The molecule has 1 aliphatic carbocycles. The average Bonchev–Trinajstić information content (AvgIpc) is 2.49. The number of hydrogen-bond acceptors (Lipinski definition) is 3. The van der Waals surface area contributed by atoms with Crippen molar-refractivity contribution in [3.05, 3.63) is 23.8 Å². The maximum atomic E-state index is 11.9. The number of nitrogens with zero attached hydrogens (tertiary/aromatic N) is 1. The molecule has 1 amide bonds. The Balaban J connectivity index is 1.87. The second-order valence-electron chi connectivity index (χ2n) is 6.22. The summed E-state index contributed by atoms with van der Waals surface area (Å²) < 4.78 is 0. The SMILES string of the molecule is CN(C)C(=O)c1ccc(NCCC2CCCCC2)c(N)c1. The van der Waals surface area contributed by atoms with E-state index in [2.05, 4.69) is 5.32 Å². The van der Waals surface area contributed by atoms with Gasteiger partial charge in [-0.3, -0.25) is 4.79 Å². The molecule has 1 aromatic carbocycles. The summed E-state index contributed by atoms with van der Waals surface area (Å²) in [7, 11) is 3.49. The van der Waals surface area contributed by atoms with E-state index in [1.54, 1.807) is 25.1 Å². The first-order chi connectivity index (χ1) is 10.1. The van der Waals surface area contributed by atoms with Crippen LogP contribution < -0.4 is 11.1 Å². The first-order valence-electron chi connectivity index (χ1n) is 7.93. The van der Waals surface area contributed by atoms with Crippen LogP contribution in [0.3, 0.4) is 0 Å². The number of carbonyl (C=O) groups is 1. The van der Waals surface area contributed by atoms with Gasteiger partial charge in [-0.15, -0.1) is 0 Å². The monoisotopic (exact) mass is 289 g/mol. The summed E-state index contributed by atoms with van der Waals surface area (Å²) in [5.74, 6) is 0.845. The van der Waals surface area contributed by atoms with Gasteiger partial charge in [0.25, 0.3) is 5.91 Å². The number of anilines is 2. The van der Waals surface area contributed by atoms with Gasteiger partial charge in [0.2, 0.25) is 0 Å². The minimum atomic E-state index is -0.0181. The number of benzene rings is 1. The Morgan fingerprint density at radius 1 is 1.29 bits per heavy atom. The summed E-state index contributed by atoms with van der Waals surface area (Å²) in [4.78, 5) is 13.4. The van der Waals surface area contributed by atoms with Crippen LogP contribution in [0.1, 0.15) is 48.9 Å². The van der Waals surface area contributed by atoms with Crippen molar-refractivity contribution in [2.45, 2.75) is 38.5 Å². The van der Waals surface area contributed by atoms with Gasteiger partial charge in [-0.1, -0.05) is 32.1 Å². The number of nitrogen functional groups attached to an aromatic ring is 1. The smallest absolute Gasteiger partial charge is 0.253 e. The first kappa shape index (κ1) is 15.7. The summed E-state index contributed by atoms with van der Waals surface area (Å²) in [6.07, 6.45) is 8.11. The van der Waals surface area contributed by atoms with Crippen LogP contribution in [-0.2, 0) is 0 Å². The molecule has 0 bridgehead atoms. The number of amides is 1. The molecule has 0 aromatic heterocycles. The van der Waals surface area contributed by atoms with E-state index in [1.165, 1.54) is 38.5 Å². The largest absolute Gasteiger partial charge is 0.397 e. The maximum Gasteiger partial charge on any atom is 0.253 e. The highest BCUT2D eigenvalue weighted by Gasteiger charge is 2.13. The minimum Gasteiger partial charge on any atom is -0.397 e. The van der Waals surface area contributed by atoms with E-state index in [1.807, 2.05) is 12.1 Å². The summed E-state index contributed by atoms with van der Waals surface area (Å²) in [5.41, 5.74) is 8.26. The predicted octanol–water partition coefficient (Wildman–Crippen LogP) is 3.35. The molecule has 1 aliphatic rings. The Labute approximate surface area is 127 Å². The fourth-order valence-electron chi connectivity index (χ4n) is 3.00. The molecule has 0 saturated heterocycles. The van der Waals surface area contributed by atoms with E-state index < -0.39 is 0 Å². The fourth-order valence-corrected chi connectivity index (χ4v) is 3.00. The molecule has 1 fully saturated rings. The molecule has 21 heavy (non-hydrogen) atoms. The van der Waals surface area contributed by atoms with E-state index in [0.29, 0.717) is 11.3 Å². The van der Waals surface area contributed by atoms with Crippen molar-refractivity contribution in [1.29, 1.82) is 0 Å². The highest BCUT2D eigenvalue weighted by Crippen LogP contribution is 2.27. The summed E-state index contributed by atoms with van der Waals surface area (Å²) in [6, 6.07) is 5.50. The van der Waals surface area contributed by atoms with Crippen molar-refractivity contribution in [1.82, 2.24) is 4.90 Å². The molecule has 0 aliphatic heterocycles. The second kappa shape index (κ2) is 7.34. The van der Waals surface area contributed by atoms with Crippen molar-refractivity contribution >= 4 is 17.3 Å². The molecule has 0 heterocycles. The molecule has 116 valence electrons. The van der Waals surface area contributed by atoms with Crippen molar-refractivity contribution in [3.63, 3.8) is 0 Å². The molecule has 0 spiro atoms. The molecular formula is C17H27N3O. The molecule has 0 atom stereocenters. The van der Waals surface area contributed by atoms with Crippen LogP contribution in [0, 0.1) is 5.92 Å². The van der Waals surface area contributed by atoms with Gasteiger partial charge in [-0.25, -0.2) is 0 Å². The van der Waals surface area contributed by atoms with Crippen LogP contribution in [0.25, 0.3) is 0 Å². The Morgan fingerprint density at radius 2 is 2.00 bits per heavy atom. The molecule has 2 rings (SSSR count). The third kappa shape index (κ3) is 4.38. The lowest BCUT2D eigenvalue weighted by Crippen LogP contribution is -2.21. The predicted molar refractivity (Wildman–Crippen MR) is 88.6 cm³/mol. The van der Waals surface area contributed by atoms with E-state index in [0.717, 1.165) is 18.2 Å².